The summed E-state index contributed by atoms with van der Waals surface area (Å²) >= 11 is 5.59. The van der Waals surface area contributed by atoms with E-state index in [0.29, 0.717) is 17.6 Å². The van der Waals surface area contributed by atoms with Crippen molar-refractivity contribution in [3.63, 3.8) is 0 Å². The Hall–Kier alpha value is -3.52. The van der Waals surface area contributed by atoms with Gasteiger partial charge in [-0.3, -0.25) is 9.59 Å². The molecule has 9 heteroatoms. The van der Waals surface area contributed by atoms with E-state index >= 15 is 0 Å². The van der Waals surface area contributed by atoms with E-state index in [0.717, 1.165) is 6.07 Å². The number of ether oxygens (including phenoxy) is 1. The van der Waals surface area contributed by atoms with Crippen LogP contribution in [0.3, 0.4) is 0 Å². The Bertz CT molecular complexity index is 1060. The molecule has 0 aliphatic heterocycles. The number of anilines is 2. The van der Waals surface area contributed by atoms with Gasteiger partial charge in [-0.15, -0.1) is 0 Å². The Morgan fingerprint density at radius 2 is 1.40 bits per heavy atom. The fourth-order valence-corrected chi connectivity index (χ4v) is 2.63. The lowest BCUT2D eigenvalue weighted by Crippen LogP contribution is -2.30. The van der Waals surface area contributed by atoms with Gasteiger partial charge in [-0.1, -0.05) is 29.8 Å². The van der Waals surface area contributed by atoms with Gasteiger partial charge in [-0.05, 0) is 54.6 Å². The highest BCUT2D eigenvalue weighted by atomic mass is 35.5. The average molecular weight is 435 g/mol. The summed E-state index contributed by atoms with van der Waals surface area (Å²) < 4.78 is 44.9. The summed E-state index contributed by atoms with van der Waals surface area (Å²) in [6.07, 6.45) is -4.75. The monoisotopic (exact) mass is 434 g/mol. The standard InChI is InChI=1S/C21H14ClF3N2O3/c22-13-6-11-18(17(12-13)21(23,24)25)27-20(29)19(28)26-14-7-9-16(10-8-14)30-15-4-2-1-3-5-15/h1-12H,(H,26,28)(H,27,29). The molecular formula is C21H14ClF3N2O3. The van der Waals surface area contributed by atoms with Gasteiger partial charge in [0.1, 0.15) is 11.5 Å². The molecule has 0 fully saturated rings. The number of para-hydroxylation sites is 1. The van der Waals surface area contributed by atoms with Crippen LogP contribution in [0.15, 0.2) is 72.8 Å². The van der Waals surface area contributed by atoms with Crippen LogP contribution >= 0.6 is 11.6 Å². The molecule has 0 heterocycles. The summed E-state index contributed by atoms with van der Waals surface area (Å²) in [4.78, 5) is 24.1. The van der Waals surface area contributed by atoms with Gasteiger partial charge in [-0.25, -0.2) is 0 Å². The van der Waals surface area contributed by atoms with Crippen LogP contribution in [0.2, 0.25) is 5.02 Å². The summed E-state index contributed by atoms with van der Waals surface area (Å²) in [5.41, 5.74) is -1.46. The molecule has 0 aromatic heterocycles. The SMILES string of the molecule is O=C(Nc1ccc(Oc2ccccc2)cc1)C(=O)Nc1ccc(Cl)cc1C(F)(F)F. The topological polar surface area (TPSA) is 67.4 Å². The second-order valence-electron chi connectivity index (χ2n) is 6.04. The van der Waals surface area contributed by atoms with E-state index in [1.165, 1.54) is 18.2 Å². The van der Waals surface area contributed by atoms with E-state index in [1.807, 2.05) is 23.5 Å². The lowest BCUT2D eigenvalue weighted by Gasteiger charge is -2.14. The van der Waals surface area contributed by atoms with Crippen LogP contribution in [0.4, 0.5) is 24.5 Å². The molecule has 0 radical (unpaired) electrons. The van der Waals surface area contributed by atoms with Gasteiger partial charge in [0.05, 0.1) is 11.3 Å². The minimum Gasteiger partial charge on any atom is -0.457 e. The van der Waals surface area contributed by atoms with Gasteiger partial charge in [0.25, 0.3) is 0 Å². The third-order valence-corrected chi connectivity index (χ3v) is 4.07. The van der Waals surface area contributed by atoms with Crippen LogP contribution in [-0.2, 0) is 15.8 Å². The fraction of sp³-hybridized carbons (Fsp3) is 0.0476. The van der Waals surface area contributed by atoms with Crippen molar-refractivity contribution in [2.24, 2.45) is 0 Å². The van der Waals surface area contributed by atoms with Gasteiger partial charge in [0, 0.05) is 10.7 Å². The number of nitrogens with one attached hydrogen (secondary N) is 2. The number of carbonyl (C=O) groups excluding carboxylic acids is 2. The molecule has 3 rings (SSSR count). The summed E-state index contributed by atoms with van der Waals surface area (Å²) in [5, 5.41) is 4.11. The summed E-state index contributed by atoms with van der Waals surface area (Å²) in [6, 6.07) is 18.0. The minimum absolute atomic E-state index is 0.150. The van der Waals surface area contributed by atoms with E-state index in [2.05, 4.69) is 5.32 Å². The van der Waals surface area contributed by atoms with Crippen molar-refractivity contribution in [3.05, 3.63) is 83.4 Å². The van der Waals surface area contributed by atoms with E-state index < -0.39 is 29.2 Å². The zero-order chi connectivity index (χ0) is 21.7. The highest BCUT2D eigenvalue weighted by Gasteiger charge is 2.34. The van der Waals surface area contributed by atoms with Crippen LogP contribution in [0, 0.1) is 0 Å². The molecule has 3 aromatic carbocycles. The predicted molar refractivity (Wildman–Crippen MR) is 107 cm³/mol. The number of rotatable bonds is 4. The van der Waals surface area contributed by atoms with Crippen molar-refractivity contribution in [2.75, 3.05) is 10.6 Å². The van der Waals surface area contributed by atoms with Gasteiger partial charge in [0.2, 0.25) is 0 Å². The van der Waals surface area contributed by atoms with Crippen LogP contribution in [-0.4, -0.2) is 11.8 Å². The summed E-state index contributed by atoms with van der Waals surface area (Å²) in [7, 11) is 0. The highest BCUT2D eigenvalue weighted by molar-refractivity contribution is 6.43. The van der Waals surface area contributed by atoms with Gasteiger partial charge in [0.15, 0.2) is 0 Å². The third kappa shape index (κ3) is 5.51. The normalized spacial score (nSPS) is 10.9. The molecular weight excluding hydrogens is 421 g/mol. The maximum Gasteiger partial charge on any atom is 0.418 e. The summed E-state index contributed by atoms with van der Waals surface area (Å²) in [5.74, 6) is -1.26. The van der Waals surface area contributed by atoms with Crippen LogP contribution in [0.1, 0.15) is 5.56 Å². The van der Waals surface area contributed by atoms with Crippen molar-refractivity contribution in [3.8, 4) is 11.5 Å². The number of halogens is 4. The first kappa shape index (κ1) is 21.2. The van der Waals surface area contributed by atoms with Crippen LogP contribution in [0.5, 0.6) is 11.5 Å². The van der Waals surface area contributed by atoms with Crippen LogP contribution in [0.25, 0.3) is 0 Å². The number of alkyl halides is 3. The Balaban J connectivity index is 1.64. The zero-order valence-corrected chi connectivity index (χ0v) is 15.9. The van der Waals surface area contributed by atoms with Crippen LogP contribution < -0.4 is 15.4 Å². The lowest BCUT2D eigenvalue weighted by atomic mass is 10.1. The molecule has 2 N–H and O–H groups in total. The maximum absolute atomic E-state index is 13.1. The highest BCUT2D eigenvalue weighted by Crippen LogP contribution is 2.36. The quantitative estimate of drug-likeness (QED) is 0.515. The van der Waals surface area contributed by atoms with Crippen molar-refractivity contribution >= 4 is 34.8 Å². The van der Waals surface area contributed by atoms with E-state index in [-0.39, 0.29) is 10.7 Å². The number of amides is 2. The van der Waals surface area contributed by atoms with E-state index in [9.17, 15) is 22.8 Å². The molecule has 0 unspecified atom stereocenters. The molecule has 3 aromatic rings. The second-order valence-corrected chi connectivity index (χ2v) is 6.47. The molecule has 2 amide bonds. The minimum atomic E-state index is -4.75. The molecule has 0 saturated heterocycles. The molecule has 0 saturated carbocycles. The first-order chi connectivity index (χ1) is 14.2. The van der Waals surface area contributed by atoms with E-state index in [4.69, 9.17) is 16.3 Å². The molecule has 0 bridgehead atoms. The van der Waals surface area contributed by atoms with Gasteiger partial charge >= 0.3 is 18.0 Å². The van der Waals surface area contributed by atoms with Crippen molar-refractivity contribution in [1.29, 1.82) is 0 Å². The predicted octanol–water partition coefficient (Wildman–Crippen LogP) is 5.73. The molecule has 5 nitrogen and oxygen atoms in total. The first-order valence-corrected chi connectivity index (χ1v) is 8.92. The molecule has 0 spiro atoms. The maximum atomic E-state index is 13.1. The fourth-order valence-electron chi connectivity index (χ4n) is 2.46. The lowest BCUT2D eigenvalue weighted by molar-refractivity contribution is -0.137. The molecule has 30 heavy (non-hydrogen) atoms. The van der Waals surface area contributed by atoms with Gasteiger partial charge < -0.3 is 15.4 Å². The number of hydrogen-bond donors (Lipinski definition) is 2. The third-order valence-electron chi connectivity index (χ3n) is 3.83. The Morgan fingerprint density at radius 3 is 2.03 bits per heavy atom. The number of hydrogen-bond acceptors (Lipinski definition) is 3. The number of carbonyl (C=O) groups is 2. The largest absolute Gasteiger partial charge is 0.457 e. The average Bonchev–Trinajstić information content (AvgIpc) is 2.70. The zero-order valence-electron chi connectivity index (χ0n) is 15.2. The second kappa shape index (κ2) is 8.87. The van der Waals surface area contributed by atoms with Crippen molar-refractivity contribution in [2.45, 2.75) is 6.18 Å². The van der Waals surface area contributed by atoms with Gasteiger partial charge in [-0.2, -0.15) is 13.2 Å². The summed E-state index contributed by atoms with van der Waals surface area (Å²) in [6.45, 7) is 0. The van der Waals surface area contributed by atoms with E-state index in [1.54, 1.807) is 24.3 Å². The molecule has 0 aliphatic rings. The van der Waals surface area contributed by atoms with Crippen molar-refractivity contribution in [1.82, 2.24) is 0 Å². The Kier molecular flexibility index (Phi) is 6.27. The molecule has 0 atom stereocenters. The molecule has 0 aliphatic carbocycles. The Morgan fingerprint density at radius 1 is 0.800 bits per heavy atom. The molecule has 154 valence electrons. The Labute approximate surface area is 174 Å². The smallest absolute Gasteiger partial charge is 0.418 e. The number of benzene rings is 3. The van der Waals surface area contributed by atoms with Crippen molar-refractivity contribution < 1.29 is 27.5 Å². The first-order valence-electron chi connectivity index (χ1n) is 8.54.